The molecule has 1 aliphatic heterocycles. The summed E-state index contributed by atoms with van der Waals surface area (Å²) < 4.78 is 20.6. The second-order valence-electron chi connectivity index (χ2n) is 9.17. The van der Waals surface area contributed by atoms with Crippen molar-refractivity contribution in [3.8, 4) is 11.5 Å². The van der Waals surface area contributed by atoms with Crippen molar-refractivity contribution in [2.45, 2.75) is 58.6 Å². The second kappa shape index (κ2) is 8.99. The highest BCUT2D eigenvalue weighted by atomic mass is 16.7. The minimum Gasteiger partial charge on any atom is -0.480 e. The molecule has 1 fully saturated rings. The fourth-order valence-electron chi connectivity index (χ4n) is 4.09. The molecule has 0 amide bonds. The Balaban J connectivity index is 1.56. The summed E-state index contributed by atoms with van der Waals surface area (Å²) in [6.45, 7) is 8.77. The van der Waals surface area contributed by atoms with Gasteiger partial charge in [-0.1, -0.05) is 19.9 Å². The van der Waals surface area contributed by atoms with Crippen LogP contribution in [0.1, 0.15) is 40.2 Å². The first-order valence-corrected chi connectivity index (χ1v) is 11.0. The molecule has 0 radical (unpaired) electrons. The zero-order chi connectivity index (χ0) is 23.8. The van der Waals surface area contributed by atoms with E-state index >= 15 is 0 Å². The number of ether oxygens (including phenoxy) is 3. The van der Waals surface area contributed by atoms with E-state index in [1.807, 2.05) is 58.2 Å². The van der Waals surface area contributed by atoms with Crippen LogP contribution in [-0.2, 0) is 20.8 Å². The number of rotatable bonds is 8. The maximum Gasteiger partial charge on any atom is 0.328 e. The van der Waals surface area contributed by atoms with E-state index in [1.54, 1.807) is 0 Å². The number of nitrogens with zero attached hydrogens (tertiary/aromatic N) is 3. The van der Waals surface area contributed by atoms with Gasteiger partial charge in [-0.2, -0.15) is 5.10 Å². The number of hydrogen-bond donors (Lipinski definition) is 1. The third kappa shape index (κ3) is 5.09. The first-order valence-electron chi connectivity index (χ1n) is 11.0. The minimum absolute atomic E-state index is 0.0509. The van der Waals surface area contributed by atoms with Crippen molar-refractivity contribution in [1.82, 2.24) is 14.3 Å². The third-order valence-corrected chi connectivity index (χ3v) is 5.54. The quantitative estimate of drug-likeness (QED) is 0.551. The van der Waals surface area contributed by atoms with Gasteiger partial charge in [0.2, 0.25) is 0 Å². The summed E-state index contributed by atoms with van der Waals surface area (Å²) in [5, 5.41) is 14.5. The van der Waals surface area contributed by atoms with Crippen LogP contribution < -0.4 is 10.3 Å². The Morgan fingerprint density at radius 3 is 2.76 bits per heavy atom. The molecule has 176 valence electrons. The summed E-state index contributed by atoms with van der Waals surface area (Å²) in [6, 6.07) is 7.88. The molecule has 0 aliphatic carbocycles. The van der Waals surface area contributed by atoms with Gasteiger partial charge in [0.05, 0.1) is 24.9 Å². The summed E-state index contributed by atoms with van der Waals surface area (Å²) in [5.41, 5.74) is 0.441. The Morgan fingerprint density at radius 1 is 1.33 bits per heavy atom. The molecule has 3 heterocycles. The van der Waals surface area contributed by atoms with Crippen molar-refractivity contribution in [3.05, 3.63) is 53.1 Å². The molecule has 1 N–H and O–H groups in total. The average Bonchev–Trinajstić information content (AvgIpc) is 3.30. The fraction of sp³-hybridized carbons (Fsp3) is 0.458. The molecule has 4 rings (SSSR count). The predicted molar refractivity (Wildman–Crippen MR) is 122 cm³/mol. The van der Waals surface area contributed by atoms with Crippen molar-refractivity contribution in [2.24, 2.45) is 5.92 Å². The summed E-state index contributed by atoms with van der Waals surface area (Å²) >= 11 is 0. The van der Waals surface area contributed by atoms with E-state index in [9.17, 15) is 14.7 Å². The Hall–Kier alpha value is -3.17. The number of carboxylic acids is 1. The predicted octanol–water partition coefficient (Wildman–Crippen LogP) is 3.81. The molecule has 2 aromatic heterocycles. The first kappa shape index (κ1) is 23.0. The smallest absolute Gasteiger partial charge is 0.328 e. The topological polar surface area (TPSA) is 105 Å². The van der Waals surface area contributed by atoms with Crippen LogP contribution in [0.15, 0.2) is 47.5 Å². The van der Waals surface area contributed by atoms with E-state index in [-0.39, 0.29) is 17.8 Å². The van der Waals surface area contributed by atoms with E-state index < -0.39 is 23.4 Å². The molecule has 9 nitrogen and oxygen atoms in total. The lowest BCUT2D eigenvalue weighted by atomic mass is 10.0. The molecule has 0 bridgehead atoms. The Bertz CT molecular complexity index is 1210. The molecule has 2 atom stereocenters. The van der Waals surface area contributed by atoms with Gasteiger partial charge in [0.25, 0.3) is 5.56 Å². The second-order valence-corrected chi connectivity index (χ2v) is 9.17. The highest BCUT2D eigenvalue weighted by Gasteiger charge is 2.33. The van der Waals surface area contributed by atoms with Crippen LogP contribution in [-0.4, -0.2) is 43.9 Å². The van der Waals surface area contributed by atoms with Crippen LogP contribution >= 0.6 is 0 Å². The van der Waals surface area contributed by atoms with Gasteiger partial charge in [0.15, 0.2) is 17.6 Å². The molecule has 0 spiro atoms. The summed E-state index contributed by atoms with van der Waals surface area (Å²) in [4.78, 5) is 24.2. The average molecular weight is 456 g/mol. The normalized spacial score (nSPS) is 18.6. The van der Waals surface area contributed by atoms with E-state index in [1.165, 1.54) is 12.3 Å². The molecular formula is C24H29N3O6. The monoisotopic (exact) mass is 455 g/mol. The lowest BCUT2D eigenvalue weighted by Gasteiger charge is -2.17. The van der Waals surface area contributed by atoms with E-state index in [4.69, 9.17) is 14.2 Å². The van der Waals surface area contributed by atoms with Crippen LogP contribution in [0.5, 0.6) is 11.5 Å². The van der Waals surface area contributed by atoms with Crippen molar-refractivity contribution in [1.29, 1.82) is 0 Å². The van der Waals surface area contributed by atoms with Crippen LogP contribution in [0.3, 0.4) is 0 Å². The molecular weight excluding hydrogens is 426 g/mol. The summed E-state index contributed by atoms with van der Waals surface area (Å²) in [6.07, 6.45) is 3.60. The number of benzene rings is 1. The molecule has 9 heteroatoms. The zero-order valence-electron chi connectivity index (χ0n) is 19.2. The summed E-state index contributed by atoms with van der Waals surface area (Å²) in [7, 11) is 0. The van der Waals surface area contributed by atoms with Crippen molar-refractivity contribution < 1.29 is 24.1 Å². The molecule has 1 saturated heterocycles. The summed E-state index contributed by atoms with van der Waals surface area (Å²) in [5.74, 6) is -0.738. The standard InChI is InChI=1S/C24H29N3O6/c1-15(2)10-20(23(29)30)27-22(28)11-16(12-25-27)32-21-7-5-6-19-18(21)8-9-26(19)13-17-14-31-24(3,4)33-17/h5-9,11-12,15,17,20H,10,13-14H2,1-4H3,(H,29,30). The van der Waals surface area contributed by atoms with Gasteiger partial charge in [0, 0.05) is 17.6 Å². The highest BCUT2D eigenvalue weighted by Crippen LogP contribution is 2.31. The Labute approximate surface area is 191 Å². The molecule has 2 unspecified atom stereocenters. The minimum atomic E-state index is -1.09. The number of fused-ring (bicyclic) bond motifs is 1. The third-order valence-electron chi connectivity index (χ3n) is 5.54. The van der Waals surface area contributed by atoms with Crippen molar-refractivity contribution >= 4 is 16.9 Å². The van der Waals surface area contributed by atoms with Crippen LogP contribution in [0.25, 0.3) is 10.9 Å². The van der Waals surface area contributed by atoms with Crippen molar-refractivity contribution in [2.75, 3.05) is 6.61 Å². The number of aromatic nitrogens is 3. The highest BCUT2D eigenvalue weighted by molar-refractivity contribution is 5.86. The number of aliphatic carboxylic acids is 1. The molecule has 3 aromatic rings. The Kier molecular flexibility index (Phi) is 6.27. The van der Waals surface area contributed by atoms with E-state index in [0.717, 1.165) is 15.6 Å². The van der Waals surface area contributed by atoms with Crippen LogP contribution in [0.4, 0.5) is 0 Å². The first-order chi connectivity index (χ1) is 15.6. The number of carbonyl (C=O) groups is 1. The van der Waals surface area contributed by atoms with Gasteiger partial charge in [-0.3, -0.25) is 4.79 Å². The van der Waals surface area contributed by atoms with Crippen LogP contribution in [0, 0.1) is 5.92 Å². The van der Waals surface area contributed by atoms with Crippen LogP contribution in [0.2, 0.25) is 0 Å². The van der Waals surface area contributed by atoms with Gasteiger partial charge in [-0.25, -0.2) is 9.48 Å². The molecule has 0 saturated carbocycles. The van der Waals surface area contributed by atoms with Gasteiger partial charge in [0.1, 0.15) is 11.9 Å². The zero-order valence-corrected chi connectivity index (χ0v) is 19.2. The molecule has 1 aromatic carbocycles. The van der Waals surface area contributed by atoms with Gasteiger partial charge < -0.3 is 23.9 Å². The van der Waals surface area contributed by atoms with E-state index in [0.29, 0.717) is 25.3 Å². The largest absolute Gasteiger partial charge is 0.480 e. The van der Waals surface area contributed by atoms with Crippen molar-refractivity contribution in [3.63, 3.8) is 0 Å². The molecule has 33 heavy (non-hydrogen) atoms. The lowest BCUT2D eigenvalue weighted by molar-refractivity contribution is -0.142. The SMILES string of the molecule is CC(C)CC(C(=O)O)n1ncc(Oc2cccc3c2ccn3CC2COC(C)(C)O2)cc1=O. The van der Waals surface area contributed by atoms with Gasteiger partial charge >= 0.3 is 5.97 Å². The number of hydrogen-bond acceptors (Lipinski definition) is 6. The maximum absolute atomic E-state index is 12.6. The lowest BCUT2D eigenvalue weighted by Crippen LogP contribution is -2.32. The van der Waals surface area contributed by atoms with Gasteiger partial charge in [-0.05, 0) is 44.4 Å². The molecule has 1 aliphatic rings. The van der Waals surface area contributed by atoms with E-state index in [2.05, 4.69) is 9.67 Å². The number of carboxylic acid groups (broad SMARTS) is 1. The fourth-order valence-corrected chi connectivity index (χ4v) is 4.09. The Morgan fingerprint density at radius 2 is 2.12 bits per heavy atom. The van der Waals surface area contributed by atoms with Gasteiger partial charge in [-0.15, -0.1) is 0 Å². The maximum atomic E-state index is 12.6.